The number of benzene rings is 1. The monoisotopic (exact) mass is 149 g/mol. The van der Waals surface area contributed by atoms with Gasteiger partial charge in [-0.2, -0.15) is 9.84 Å². The highest BCUT2D eigenvalue weighted by Crippen LogP contribution is 2.09. The molecule has 1 aromatic heterocycles. The normalized spacial score (nSPS) is 9.82. The Kier molecular flexibility index (Phi) is 1.41. The Bertz CT molecular complexity index is 346. The van der Waals surface area contributed by atoms with Crippen LogP contribution < -0.4 is 0 Å². The summed E-state index contributed by atoms with van der Waals surface area (Å²) in [5.74, 6) is 0. The highest BCUT2D eigenvalue weighted by Gasteiger charge is 1.88. The van der Waals surface area contributed by atoms with Crippen LogP contribution in [0.25, 0.3) is 11.0 Å². The van der Waals surface area contributed by atoms with Crippen molar-refractivity contribution in [1.29, 1.82) is 0 Å². The molecular formula is C8H7NO2. The molecule has 0 aliphatic carbocycles. The number of H-pyrrole nitrogens is 1. The van der Waals surface area contributed by atoms with Crippen LogP contribution in [0.15, 0.2) is 45.8 Å². The molecule has 0 radical (unpaired) electrons. The van der Waals surface area contributed by atoms with Crippen molar-refractivity contribution in [2.45, 2.75) is 0 Å². The van der Waals surface area contributed by atoms with Crippen LogP contribution in [0.5, 0.6) is 0 Å². The van der Waals surface area contributed by atoms with E-state index in [-0.39, 0.29) is 0 Å². The molecule has 0 aliphatic heterocycles. The van der Waals surface area contributed by atoms with E-state index in [1.165, 1.54) is 0 Å². The first-order chi connectivity index (χ1) is 5.47. The molecule has 0 amide bonds. The number of hydrogen-bond acceptors (Lipinski definition) is 2. The second-order valence-electron chi connectivity index (χ2n) is 2.16. The molecule has 3 nitrogen and oxygen atoms in total. The molecule has 0 fully saturated rings. The van der Waals surface area contributed by atoms with Crippen LogP contribution in [-0.4, -0.2) is 5.16 Å². The summed E-state index contributed by atoms with van der Waals surface area (Å²) in [7, 11) is 0. The number of aromatic amines is 1. The fraction of sp³-hybridized carbons (Fsp3) is 0. The minimum Gasteiger partial charge on any atom is -0.269 e. The van der Waals surface area contributed by atoms with Gasteiger partial charge in [0.2, 0.25) is 0 Å². The number of fused-ring (bicyclic) bond motifs is 1. The van der Waals surface area contributed by atoms with Crippen molar-refractivity contribution in [2.24, 2.45) is 0 Å². The van der Waals surface area contributed by atoms with E-state index in [4.69, 9.17) is 4.58 Å². The van der Waals surface area contributed by atoms with Crippen molar-refractivity contribution in [3.05, 3.63) is 36.5 Å². The first-order valence-corrected chi connectivity index (χ1v) is 3.31. The van der Waals surface area contributed by atoms with Gasteiger partial charge in [0.25, 0.3) is 0 Å². The predicted molar refractivity (Wildman–Crippen MR) is 40.5 cm³/mol. The molecule has 1 aromatic carbocycles. The lowest BCUT2D eigenvalue weighted by Gasteiger charge is -1.83. The van der Waals surface area contributed by atoms with Crippen molar-refractivity contribution < 1.29 is 9.26 Å². The maximum Gasteiger partial charge on any atom is 0.188 e. The molecule has 0 saturated carbocycles. The average molecular weight is 149 g/mol. The molecule has 0 bridgehead atoms. The number of aromatic nitrogens is 1. The Balaban J connectivity index is 2.90. The number of rotatable bonds is 0. The van der Waals surface area contributed by atoms with Crippen molar-refractivity contribution in [3.8, 4) is 0 Å². The van der Waals surface area contributed by atoms with Crippen LogP contribution in [0.2, 0.25) is 0 Å². The van der Waals surface area contributed by atoms with Crippen molar-refractivity contribution in [3.63, 3.8) is 0 Å². The van der Waals surface area contributed by atoms with E-state index >= 15 is 0 Å². The Morgan fingerprint density at radius 1 is 1.09 bits per heavy atom. The summed E-state index contributed by atoms with van der Waals surface area (Å²) in [4.78, 5) is 0. The van der Waals surface area contributed by atoms with Gasteiger partial charge in [0, 0.05) is 11.6 Å². The van der Waals surface area contributed by atoms with Gasteiger partial charge in [0.1, 0.15) is 0 Å². The zero-order chi connectivity index (χ0) is 7.52. The van der Waals surface area contributed by atoms with Gasteiger partial charge in [-0.1, -0.05) is 18.2 Å². The Morgan fingerprint density at radius 2 is 2.00 bits per heavy atom. The smallest absolute Gasteiger partial charge is 0.188 e. The minimum atomic E-state index is 0.716. The second kappa shape index (κ2) is 2.54. The van der Waals surface area contributed by atoms with Gasteiger partial charge < -0.3 is 0 Å². The lowest BCUT2D eigenvalue weighted by atomic mass is 10.2. The summed E-state index contributed by atoms with van der Waals surface area (Å²) < 4.78 is 9.46. The van der Waals surface area contributed by atoms with E-state index in [9.17, 15) is 0 Å². The van der Waals surface area contributed by atoms with E-state index < -0.39 is 0 Å². The topological polar surface area (TPSA) is 42.1 Å². The van der Waals surface area contributed by atoms with Crippen LogP contribution in [-0.2, 0) is 0 Å². The summed E-state index contributed by atoms with van der Waals surface area (Å²) in [6, 6.07) is 9.50. The lowest BCUT2D eigenvalue weighted by molar-refractivity contribution is 0.00811. The summed E-state index contributed by atoms with van der Waals surface area (Å²) in [6.45, 7) is 0. The van der Waals surface area contributed by atoms with Gasteiger partial charge in [-0.15, -0.1) is 0 Å². The van der Waals surface area contributed by atoms with E-state index in [1.54, 1.807) is 6.20 Å². The standard InChI is InChI=1S/C8H7NO2/c1-2-4-8-7(3-1)5-6-9-11-10-8/h1-6,9H. The van der Waals surface area contributed by atoms with Gasteiger partial charge in [0.15, 0.2) is 5.58 Å². The van der Waals surface area contributed by atoms with Crippen molar-refractivity contribution in [1.82, 2.24) is 5.16 Å². The first-order valence-electron chi connectivity index (χ1n) is 3.31. The predicted octanol–water partition coefficient (Wildman–Crippen LogP) is 2.48. The summed E-state index contributed by atoms with van der Waals surface area (Å²) in [6.07, 6.45) is 1.67. The third kappa shape index (κ3) is 1.12. The Morgan fingerprint density at radius 3 is 3.00 bits per heavy atom. The largest absolute Gasteiger partial charge is 0.269 e. The lowest BCUT2D eigenvalue weighted by Crippen LogP contribution is -1.62. The summed E-state index contributed by atoms with van der Waals surface area (Å²) >= 11 is 0. The van der Waals surface area contributed by atoms with E-state index in [0.717, 1.165) is 5.39 Å². The highest BCUT2D eigenvalue weighted by atomic mass is 17.0. The number of para-hydroxylation sites is 1. The molecule has 0 saturated heterocycles. The van der Waals surface area contributed by atoms with E-state index in [2.05, 4.69) is 9.84 Å². The van der Waals surface area contributed by atoms with Gasteiger partial charge in [0.05, 0.1) is 0 Å². The Hall–Kier alpha value is -1.64. The molecule has 2 aromatic rings. The fourth-order valence-corrected chi connectivity index (χ4v) is 0.915. The highest BCUT2D eigenvalue weighted by molar-refractivity contribution is 5.74. The van der Waals surface area contributed by atoms with E-state index in [1.807, 2.05) is 30.3 Å². The van der Waals surface area contributed by atoms with Crippen LogP contribution in [0.3, 0.4) is 0 Å². The van der Waals surface area contributed by atoms with Crippen LogP contribution in [0.4, 0.5) is 0 Å². The summed E-state index contributed by atoms with van der Waals surface area (Å²) in [5, 5.41) is 3.49. The van der Waals surface area contributed by atoms with Gasteiger partial charge in [-0.3, -0.25) is 4.58 Å². The van der Waals surface area contributed by atoms with Gasteiger partial charge in [-0.25, -0.2) is 0 Å². The third-order valence-electron chi connectivity index (χ3n) is 1.43. The maximum atomic E-state index is 4.87. The molecule has 0 atom stereocenters. The van der Waals surface area contributed by atoms with Crippen LogP contribution in [0.1, 0.15) is 0 Å². The minimum absolute atomic E-state index is 0.716. The molecule has 1 heterocycles. The van der Waals surface area contributed by atoms with Gasteiger partial charge >= 0.3 is 0 Å². The first kappa shape index (κ1) is 6.09. The van der Waals surface area contributed by atoms with Crippen LogP contribution >= 0.6 is 0 Å². The van der Waals surface area contributed by atoms with Crippen LogP contribution in [0, 0.1) is 0 Å². The number of nitrogens with one attached hydrogen (secondary N) is 1. The summed E-state index contributed by atoms with van der Waals surface area (Å²) in [5.41, 5.74) is 0.716. The molecule has 11 heavy (non-hydrogen) atoms. The molecular weight excluding hydrogens is 142 g/mol. The zero-order valence-corrected chi connectivity index (χ0v) is 5.78. The molecule has 2 rings (SSSR count). The molecule has 1 N–H and O–H groups in total. The third-order valence-corrected chi connectivity index (χ3v) is 1.43. The molecule has 0 spiro atoms. The zero-order valence-electron chi connectivity index (χ0n) is 5.78. The second-order valence-corrected chi connectivity index (χ2v) is 2.16. The van der Waals surface area contributed by atoms with Gasteiger partial charge in [-0.05, 0) is 12.1 Å². The average Bonchev–Trinajstić information content (AvgIpc) is 2.28. The molecule has 0 unspecified atom stereocenters. The SMILES string of the molecule is c1ccc2oo[nH]ccc2c1. The van der Waals surface area contributed by atoms with Crippen molar-refractivity contribution in [2.75, 3.05) is 0 Å². The quantitative estimate of drug-likeness (QED) is 0.584. The maximum absolute atomic E-state index is 4.87. The Labute approximate surface area is 62.8 Å². The molecule has 0 aliphatic rings. The van der Waals surface area contributed by atoms with E-state index in [0.29, 0.717) is 5.58 Å². The van der Waals surface area contributed by atoms with Crippen molar-refractivity contribution >= 4 is 11.0 Å². The fourth-order valence-electron chi connectivity index (χ4n) is 0.915. The molecule has 3 heteroatoms. The molecule has 56 valence electrons. The number of hydrogen-bond donors (Lipinski definition) is 1.